The van der Waals surface area contributed by atoms with Crippen molar-refractivity contribution >= 4 is 16.3 Å². The summed E-state index contributed by atoms with van der Waals surface area (Å²) in [7, 11) is -3.69. The molecule has 0 bridgehead atoms. The maximum absolute atomic E-state index is 12.2. The molecule has 2 aromatic rings. The van der Waals surface area contributed by atoms with Crippen LogP contribution in [-0.2, 0) is 21.2 Å². The van der Waals surface area contributed by atoms with Gasteiger partial charge in [0.05, 0.1) is 10.9 Å². The fourth-order valence-corrected chi connectivity index (χ4v) is 3.14. The molecule has 110 valence electrons. The number of rotatable bonds is 6. The van der Waals surface area contributed by atoms with Gasteiger partial charge in [0.2, 0.25) is 10.0 Å². The van der Waals surface area contributed by atoms with Crippen molar-refractivity contribution in [1.29, 1.82) is 0 Å². The Morgan fingerprint density at radius 3 is 2.24 bits per heavy atom. The Kier molecular flexibility index (Phi) is 4.88. The van der Waals surface area contributed by atoms with Gasteiger partial charge in [-0.3, -0.25) is 0 Å². The molecule has 1 N–H and O–H groups in total. The Bertz CT molecular complexity index is 694. The zero-order valence-electron chi connectivity index (χ0n) is 11.7. The fourth-order valence-electron chi connectivity index (χ4n) is 1.97. The molecule has 1 unspecified atom stereocenters. The van der Waals surface area contributed by atoms with E-state index in [0.29, 0.717) is 12.7 Å². The molecule has 0 saturated carbocycles. The average Bonchev–Trinajstić information content (AvgIpc) is 2.48. The van der Waals surface area contributed by atoms with E-state index in [4.69, 9.17) is 0 Å². The Morgan fingerprint density at radius 1 is 1.05 bits per heavy atom. The molecule has 0 fully saturated rings. The van der Waals surface area contributed by atoms with E-state index < -0.39 is 16.1 Å². The van der Waals surface area contributed by atoms with Crippen LogP contribution in [-0.4, -0.2) is 20.7 Å². The number of nitrogens with one attached hydrogen (secondary N) is 1. The minimum atomic E-state index is -3.69. The number of benzene rings is 2. The molecule has 0 saturated heterocycles. The van der Waals surface area contributed by atoms with E-state index in [2.05, 4.69) is 4.72 Å². The Labute approximate surface area is 124 Å². The maximum atomic E-state index is 12.2. The standard InChI is InChI=1S/C16H17NO3S/c1-13-7-9-16(10-8-13)21(19,20)17-15(12-18)11-14-5-3-2-4-6-14/h2-10,12,15,17H,11H2,1H3. The lowest BCUT2D eigenvalue weighted by molar-refractivity contribution is -0.109. The second kappa shape index (κ2) is 6.65. The first-order valence-electron chi connectivity index (χ1n) is 6.59. The van der Waals surface area contributed by atoms with E-state index in [0.717, 1.165) is 11.1 Å². The third-order valence-corrected chi connectivity index (χ3v) is 4.61. The Balaban J connectivity index is 2.14. The number of carbonyl (C=O) groups excluding carboxylic acids is 1. The number of hydrogen-bond acceptors (Lipinski definition) is 3. The van der Waals surface area contributed by atoms with Gasteiger partial charge in [0.15, 0.2) is 0 Å². The summed E-state index contributed by atoms with van der Waals surface area (Å²) >= 11 is 0. The summed E-state index contributed by atoms with van der Waals surface area (Å²) in [6.07, 6.45) is 0.953. The largest absolute Gasteiger partial charge is 0.302 e. The number of carbonyl (C=O) groups is 1. The topological polar surface area (TPSA) is 63.2 Å². The summed E-state index contributed by atoms with van der Waals surface area (Å²) < 4.78 is 26.9. The van der Waals surface area contributed by atoms with Crippen LogP contribution in [0, 0.1) is 6.92 Å². The molecule has 5 heteroatoms. The van der Waals surface area contributed by atoms with Crippen LogP contribution in [0.3, 0.4) is 0 Å². The van der Waals surface area contributed by atoms with Gasteiger partial charge in [0.25, 0.3) is 0 Å². The fraction of sp³-hybridized carbons (Fsp3) is 0.188. The minimum Gasteiger partial charge on any atom is -0.302 e. The predicted octanol–water partition coefficient (Wildman–Crippen LogP) is 2.08. The van der Waals surface area contributed by atoms with E-state index in [1.165, 1.54) is 12.1 Å². The van der Waals surface area contributed by atoms with Gasteiger partial charge in [-0.1, -0.05) is 48.0 Å². The van der Waals surface area contributed by atoms with Crippen molar-refractivity contribution < 1.29 is 13.2 Å². The third-order valence-electron chi connectivity index (χ3n) is 3.10. The lowest BCUT2D eigenvalue weighted by Crippen LogP contribution is -2.37. The first-order valence-corrected chi connectivity index (χ1v) is 8.08. The number of aldehydes is 1. The van der Waals surface area contributed by atoms with Crippen molar-refractivity contribution in [3.05, 3.63) is 65.7 Å². The molecule has 0 aliphatic heterocycles. The monoisotopic (exact) mass is 303 g/mol. The molecule has 4 nitrogen and oxygen atoms in total. The van der Waals surface area contributed by atoms with Gasteiger partial charge >= 0.3 is 0 Å². The van der Waals surface area contributed by atoms with Crippen LogP contribution in [0.4, 0.5) is 0 Å². The van der Waals surface area contributed by atoms with E-state index in [-0.39, 0.29) is 4.90 Å². The van der Waals surface area contributed by atoms with Crippen molar-refractivity contribution in [3.8, 4) is 0 Å². The molecular weight excluding hydrogens is 286 g/mol. The molecule has 0 heterocycles. The van der Waals surface area contributed by atoms with Crippen molar-refractivity contribution in [2.75, 3.05) is 0 Å². The van der Waals surface area contributed by atoms with Crippen molar-refractivity contribution in [2.24, 2.45) is 0 Å². The Hall–Kier alpha value is -1.98. The van der Waals surface area contributed by atoms with Gasteiger partial charge in [-0.25, -0.2) is 13.1 Å². The molecule has 1 atom stereocenters. The summed E-state index contributed by atoms with van der Waals surface area (Å²) in [5.41, 5.74) is 1.88. The van der Waals surface area contributed by atoms with Crippen molar-refractivity contribution in [3.63, 3.8) is 0 Å². The van der Waals surface area contributed by atoms with Gasteiger partial charge in [-0.2, -0.15) is 0 Å². The van der Waals surface area contributed by atoms with Crippen LogP contribution in [0.1, 0.15) is 11.1 Å². The molecule has 21 heavy (non-hydrogen) atoms. The second-order valence-corrected chi connectivity index (χ2v) is 6.58. The van der Waals surface area contributed by atoms with Crippen LogP contribution < -0.4 is 4.72 Å². The Morgan fingerprint density at radius 2 is 1.67 bits per heavy atom. The molecule has 0 aliphatic carbocycles. The smallest absolute Gasteiger partial charge is 0.241 e. The number of hydrogen-bond donors (Lipinski definition) is 1. The molecule has 0 amide bonds. The third kappa shape index (κ3) is 4.24. The van der Waals surface area contributed by atoms with E-state index in [9.17, 15) is 13.2 Å². The first kappa shape index (κ1) is 15.4. The first-order chi connectivity index (χ1) is 10.0. The molecule has 2 aromatic carbocycles. The summed E-state index contributed by atoms with van der Waals surface area (Å²) in [6, 6.07) is 15.0. The molecule has 0 aliphatic rings. The SMILES string of the molecule is Cc1ccc(S(=O)(=O)NC(C=O)Cc2ccccc2)cc1. The molecule has 0 aromatic heterocycles. The van der Waals surface area contributed by atoms with Gasteiger partial charge in [-0.15, -0.1) is 0 Å². The van der Waals surface area contributed by atoms with E-state index in [1.807, 2.05) is 37.3 Å². The highest BCUT2D eigenvalue weighted by molar-refractivity contribution is 7.89. The van der Waals surface area contributed by atoms with E-state index >= 15 is 0 Å². The normalized spacial score (nSPS) is 12.8. The highest BCUT2D eigenvalue weighted by atomic mass is 32.2. The zero-order chi connectivity index (χ0) is 15.3. The van der Waals surface area contributed by atoms with Crippen molar-refractivity contribution in [1.82, 2.24) is 4.72 Å². The lowest BCUT2D eigenvalue weighted by atomic mass is 10.1. The van der Waals surface area contributed by atoms with Crippen LogP contribution in [0.2, 0.25) is 0 Å². The van der Waals surface area contributed by atoms with Gasteiger partial charge in [-0.05, 0) is 31.0 Å². The van der Waals surface area contributed by atoms with Gasteiger partial charge < -0.3 is 4.79 Å². The van der Waals surface area contributed by atoms with Crippen LogP contribution in [0.15, 0.2) is 59.5 Å². The van der Waals surface area contributed by atoms with E-state index in [1.54, 1.807) is 12.1 Å². The zero-order valence-corrected chi connectivity index (χ0v) is 12.5. The van der Waals surface area contributed by atoms with Gasteiger partial charge in [0, 0.05) is 0 Å². The predicted molar refractivity (Wildman–Crippen MR) is 81.5 cm³/mol. The number of sulfonamides is 1. The lowest BCUT2D eigenvalue weighted by Gasteiger charge is -2.13. The van der Waals surface area contributed by atoms with Crippen LogP contribution in [0.25, 0.3) is 0 Å². The van der Waals surface area contributed by atoms with Crippen molar-refractivity contribution in [2.45, 2.75) is 24.3 Å². The molecule has 0 radical (unpaired) electrons. The highest BCUT2D eigenvalue weighted by Crippen LogP contribution is 2.11. The summed E-state index contributed by atoms with van der Waals surface area (Å²) in [5.74, 6) is 0. The average molecular weight is 303 g/mol. The number of aryl methyl sites for hydroxylation is 1. The summed E-state index contributed by atoms with van der Waals surface area (Å²) in [6.45, 7) is 1.88. The molecule has 2 rings (SSSR count). The highest BCUT2D eigenvalue weighted by Gasteiger charge is 2.19. The van der Waals surface area contributed by atoms with Gasteiger partial charge in [0.1, 0.15) is 6.29 Å². The summed E-state index contributed by atoms with van der Waals surface area (Å²) in [4.78, 5) is 11.3. The molecular formula is C16H17NO3S. The minimum absolute atomic E-state index is 0.160. The van der Waals surface area contributed by atoms with Crippen LogP contribution in [0.5, 0.6) is 0 Å². The maximum Gasteiger partial charge on any atom is 0.241 e. The molecule has 0 spiro atoms. The van der Waals surface area contributed by atoms with Crippen LogP contribution >= 0.6 is 0 Å². The summed E-state index contributed by atoms with van der Waals surface area (Å²) in [5, 5.41) is 0. The second-order valence-electron chi connectivity index (χ2n) is 4.87. The quantitative estimate of drug-likeness (QED) is 0.831.